The van der Waals surface area contributed by atoms with E-state index in [-0.39, 0.29) is 5.41 Å². The van der Waals surface area contributed by atoms with Gasteiger partial charge in [-0.2, -0.15) is 0 Å². The lowest BCUT2D eigenvalue weighted by Gasteiger charge is -2.21. The third kappa shape index (κ3) is 3.02. The van der Waals surface area contributed by atoms with Gasteiger partial charge < -0.3 is 0 Å². The monoisotopic (exact) mass is 175 g/mol. The van der Waals surface area contributed by atoms with Crippen LogP contribution in [0.3, 0.4) is 0 Å². The Morgan fingerprint density at radius 1 is 1.38 bits per heavy atom. The zero-order valence-corrected chi connectivity index (χ0v) is 8.67. The molecule has 0 amide bonds. The molecule has 1 heteroatoms. The van der Waals surface area contributed by atoms with E-state index in [2.05, 4.69) is 32.3 Å². The van der Waals surface area contributed by atoms with E-state index in [1.54, 1.807) is 0 Å². The van der Waals surface area contributed by atoms with Gasteiger partial charge in [0, 0.05) is 18.3 Å². The van der Waals surface area contributed by atoms with E-state index in [1.165, 1.54) is 5.57 Å². The molecule has 0 aliphatic heterocycles. The molecule has 1 nitrogen and oxygen atoms in total. The van der Waals surface area contributed by atoms with Gasteiger partial charge in [0.05, 0.1) is 0 Å². The second-order valence-electron chi connectivity index (χ2n) is 4.35. The van der Waals surface area contributed by atoms with Crippen LogP contribution in [0, 0.1) is 5.41 Å². The molecule has 1 heterocycles. The Morgan fingerprint density at radius 3 is 2.54 bits per heavy atom. The second kappa shape index (κ2) is 3.73. The van der Waals surface area contributed by atoms with Gasteiger partial charge in [0.25, 0.3) is 0 Å². The minimum Gasteiger partial charge on any atom is -0.261 e. The van der Waals surface area contributed by atoms with Gasteiger partial charge >= 0.3 is 0 Å². The summed E-state index contributed by atoms with van der Waals surface area (Å²) >= 11 is 0. The van der Waals surface area contributed by atoms with Crippen LogP contribution in [0.15, 0.2) is 36.5 Å². The fourth-order valence-electron chi connectivity index (χ4n) is 0.986. The summed E-state index contributed by atoms with van der Waals surface area (Å²) in [4.78, 5) is 4.27. The summed E-state index contributed by atoms with van der Waals surface area (Å²) in [7, 11) is 0. The fraction of sp³-hybridized carbons (Fsp3) is 0.417. The maximum atomic E-state index is 4.27. The summed E-state index contributed by atoms with van der Waals surface area (Å²) in [5.74, 6) is 0. The van der Waals surface area contributed by atoms with Crippen molar-refractivity contribution in [3.05, 3.63) is 42.2 Å². The first kappa shape index (κ1) is 9.97. The molecular formula is C12H17N. The lowest BCUT2D eigenvalue weighted by Crippen LogP contribution is -2.10. The first-order valence-corrected chi connectivity index (χ1v) is 4.58. The van der Waals surface area contributed by atoms with Crippen molar-refractivity contribution in [3.8, 4) is 0 Å². The molecule has 0 saturated carbocycles. The number of pyridine rings is 1. The van der Waals surface area contributed by atoms with Crippen molar-refractivity contribution in [2.45, 2.75) is 27.2 Å². The first-order chi connectivity index (χ1) is 6.00. The SMILES string of the molecule is C=C(Cc1ccccn1)C(C)(C)C. The number of rotatable bonds is 2. The highest BCUT2D eigenvalue weighted by Gasteiger charge is 2.14. The van der Waals surface area contributed by atoms with Crippen LogP contribution in [0.25, 0.3) is 0 Å². The highest BCUT2D eigenvalue weighted by molar-refractivity contribution is 5.16. The molecule has 70 valence electrons. The van der Waals surface area contributed by atoms with E-state index >= 15 is 0 Å². The van der Waals surface area contributed by atoms with Crippen molar-refractivity contribution in [2.75, 3.05) is 0 Å². The van der Waals surface area contributed by atoms with Crippen molar-refractivity contribution >= 4 is 0 Å². The summed E-state index contributed by atoms with van der Waals surface area (Å²) in [5, 5.41) is 0. The lowest BCUT2D eigenvalue weighted by molar-refractivity contribution is 0.492. The summed E-state index contributed by atoms with van der Waals surface area (Å²) in [6.07, 6.45) is 2.70. The van der Waals surface area contributed by atoms with Crippen LogP contribution < -0.4 is 0 Å². The van der Waals surface area contributed by atoms with Crippen LogP contribution in [0.4, 0.5) is 0 Å². The smallest absolute Gasteiger partial charge is 0.0444 e. The normalized spacial score (nSPS) is 11.3. The Hall–Kier alpha value is -1.11. The van der Waals surface area contributed by atoms with E-state index in [0.717, 1.165) is 12.1 Å². The summed E-state index contributed by atoms with van der Waals surface area (Å²) in [6.45, 7) is 10.6. The van der Waals surface area contributed by atoms with Gasteiger partial charge in [-0.25, -0.2) is 0 Å². The van der Waals surface area contributed by atoms with Crippen molar-refractivity contribution in [1.29, 1.82) is 0 Å². The minimum atomic E-state index is 0.178. The molecule has 0 fully saturated rings. The molecule has 0 saturated heterocycles. The molecule has 0 aliphatic carbocycles. The lowest BCUT2D eigenvalue weighted by atomic mass is 9.85. The average molecular weight is 175 g/mol. The van der Waals surface area contributed by atoms with E-state index in [1.807, 2.05) is 24.4 Å². The van der Waals surface area contributed by atoms with Crippen LogP contribution in [0.1, 0.15) is 26.5 Å². The van der Waals surface area contributed by atoms with Crippen LogP contribution in [0.2, 0.25) is 0 Å². The van der Waals surface area contributed by atoms with Gasteiger partial charge in [-0.3, -0.25) is 4.98 Å². The predicted molar refractivity (Wildman–Crippen MR) is 56.5 cm³/mol. The summed E-state index contributed by atoms with van der Waals surface area (Å²) < 4.78 is 0. The highest BCUT2D eigenvalue weighted by Crippen LogP contribution is 2.25. The van der Waals surface area contributed by atoms with E-state index in [0.29, 0.717) is 0 Å². The Balaban J connectivity index is 2.66. The van der Waals surface area contributed by atoms with Gasteiger partial charge in [-0.15, -0.1) is 0 Å². The molecule has 0 N–H and O–H groups in total. The molecule has 13 heavy (non-hydrogen) atoms. The number of allylic oxidation sites excluding steroid dienone is 1. The topological polar surface area (TPSA) is 12.9 Å². The van der Waals surface area contributed by atoms with Crippen LogP contribution >= 0.6 is 0 Å². The third-order valence-corrected chi connectivity index (χ3v) is 2.18. The zero-order chi connectivity index (χ0) is 9.90. The molecule has 1 rings (SSSR count). The van der Waals surface area contributed by atoms with Gasteiger partial charge in [0.1, 0.15) is 0 Å². The molecular weight excluding hydrogens is 158 g/mol. The molecule has 0 atom stereocenters. The van der Waals surface area contributed by atoms with E-state index in [4.69, 9.17) is 0 Å². The van der Waals surface area contributed by atoms with Gasteiger partial charge in [0.15, 0.2) is 0 Å². The number of hydrogen-bond acceptors (Lipinski definition) is 1. The number of nitrogens with zero attached hydrogens (tertiary/aromatic N) is 1. The molecule has 0 bridgehead atoms. The Labute approximate surface area is 80.5 Å². The molecule has 0 aliphatic rings. The Kier molecular flexibility index (Phi) is 2.86. The summed E-state index contributed by atoms with van der Waals surface area (Å²) in [6, 6.07) is 5.98. The van der Waals surface area contributed by atoms with Gasteiger partial charge in [0.2, 0.25) is 0 Å². The second-order valence-corrected chi connectivity index (χ2v) is 4.35. The average Bonchev–Trinajstić information content (AvgIpc) is 2.04. The Morgan fingerprint density at radius 2 is 2.08 bits per heavy atom. The van der Waals surface area contributed by atoms with E-state index < -0.39 is 0 Å². The number of hydrogen-bond donors (Lipinski definition) is 0. The van der Waals surface area contributed by atoms with Crippen molar-refractivity contribution in [2.24, 2.45) is 5.41 Å². The van der Waals surface area contributed by atoms with Crippen molar-refractivity contribution in [1.82, 2.24) is 4.98 Å². The molecule has 0 aromatic carbocycles. The number of aromatic nitrogens is 1. The van der Waals surface area contributed by atoms with Crippen LogP contribution in [-0.4, -0.2) is 4.98 Å². The predicted octanol–water partition coefficient (Wildman–Crippen LogP) is 3.23. The first-order valence-electron chi connectivity index (χ1n) is 4.58. The third-order valence-electron chi connectivity index (χ3n) is 2.18. The Bertz CT molecular complexity index is 280. The van der Waals surface area contributed by atoms with Crippen LogP contribution in [0.5, 0.6) is 0 Å². The molecule has 0 radical (unpaired) electrons. The molecule has 0 unspecified atom stereocenters. The van der Waals surface area contributed by atoms with Gasteiger partial charge in [-0.1, -0.05) is 39.0 Å². The minimum absolute atomic E-state index is 0.178. The fourth-order valence-corrected chi connectivity index (χ4v) is 0.986. The molecule has 1 aromatic heterocycles. The van der Waals surface area contributed by atoms with Crippen LogP contribution in [-0.2, 0) is 6.42 Å². The maximum Gasteiger partial charge on any atom is 0.0444 e. The molecule has 1 aromatic rings. The largest absolute Gasteiger partial charge is 0.261 e. The summed E-state index contributed by atoms with van der Waals surface area (Å²) in [5.41, 5.74) is 2.51. The van der Waals surface area contributed by atoms with Crippen molar-refractivity contribution in [3.63, 3.8) is 0 Å². The highest BCUT2D eigenvalue weighted by atomic mass is 14.7. The van der Waals surface area contributed by atoms with E-state index in [9.17, 15) is 0 Å². The quantitative estimate of drug-likeness (QED) is 0.629. The maximum absolute atomic E-state index is 4.27. The standard InChI is InChI=1S/C12H17N/c1-10(12(2,3)4)9-11-7-5-6-8-13-11/h5-8H,1,9H2,2-4H3. The molecule has 0 spiro atoms. The van der Waals surface area contributed by atoms with Crippen molar-refractivity contribution < 1.29 is 0 Å². The zero-order valence-electron chi connectivity index (χ0n) is 8.67. The van der Waals surface area contributed by atoms with Gasteiger partial charge in [-0.05, 0) is 17.5 Å².